The Labute approximate surface area is 105 Å². The number of esters is 1. The summed E-state index contributed by atoms with van der Waals surface area (Å²) >= 11 is 0. The van der Waals surface area contributed by atoms with Crippen LogP contribution in [0.25, 0.3) is 11.1 Å². The maximum Gasteiger partial charge on any atom is 0.338 e. The normalized spacial score (nSPS) is 10.1. The Bertz CT molecular complexity index is 567. The number of rotatable bonds is 3. The van der Waals surface area contributed by atoms with Gasteiger partial charge in [-0.3, -0.25) is 4.98 Å². The monoisotopic (exact) mass is 242 g/mol. The van der Waals surface area contributed by atoms with Gasteiger partial charge in [-0.25, -0.2) is 4.79 Å². The number of nitrogens with two attached hydrogens (primary N) is 1. The van der Waals surface area contributed by atoms with Gasteiger partial charge in [-0.1, -0.05) is 12.1 Å². The van der Waals surface area contributed by atoms with E-state index in [0.29, 0.717) is 17.9 Å². The lowest BCUT2D eigenvalue weighted by molar-refractivity contribution is 0.0526. The molecule has 2 N–H and O–H groups in total. The lowest BCUT2D eigenvalue weighted by atomic mass is 10.0. The number of carbonyl (C=O) groups excluding carboxylic acids is 1. The standard InChI is InChI=1S/C14H14N2O2/c1-2-18-14(17)11-5-3-4-10(8-11)12-9-16-7-6-13(12)15/h3-9H,2H2,1H3,(H2,15,16). The number of hydrogen-bond donors (Lipinski definition) is 1. The first-order valence-corrected chi connectivity index (χ1v) is 5.69. The number of aromatic nitrogens is 1. The lowest BCUT2D eigenvalue weighted by Crippen LogP contribution is -2.04. The van der Waals surface area contributed by atoms with E-state index in [0.717, 1.165) is 11.1 Å². The molecule has 2 aromatic rings. The third-order valence-corrected chi connectivity index (χ3v) is 2.54. The molecule has 0 aliphatic heterocycles. The van der Waals surface area contributed by atoms with Gasteiger partial charge in [0, 0.05) is 23.6 Å². The van der Waals surface area contributed by atoms with Crippen LogP contribution in [0.5, 0.6) is 0 Å². The maximum absolute atomic E-state index is 11.6. The van der Waals surface area contributed by atoms with Crippen LogP contribution in [0, 0.1) is 0 Å². The second-order valence-electron chi connectivity index (χ2n) is 3.76. The molecule has 0 unspecified atom stereocenters. The Morgan fingerprint density at radius 2 is 2.22 bits per heavy atom. The second-order valence-corrected chi connectivity index (χ2v) is 3.76. The molecule has 0 atom stereocenters. The van der Waals surface area contributed by atoms with Crippen LogP contribution >= 0.6 is 0 Å². The van der Waals surface area contributed by atoms with Gasteiger partial charge in [0.15, 0.2) is 0 Å². The van der Waals surface area contributed by atoms with Crippen molar-refractivity contribution in [1.82, 2.24) is 4.98 Å². The summed E-state index contributed by atoms with van der Waals surface area (Å²) in [5.74, 6) is -0.332. The van der Waals surface area contributed by atoms with E-state index in [1.165, 1.54) is 0 Å². The average Bonchev–Trinajstić information content (AvgIpc) is 2.40. The molecule has 0 bridgehead atoms. The minimum absolute atomic E-state index is 0.332. The molecular formula is C14H14N2O2. The highest BCUT2D eigenvalue weighted by Gasteiger charge is 2.09. The molecule has 18 heavy (non-hydrogen) atoms. The van der Waals surface area contributed by atoms with E-state index in [-0.39, 0.29) is 5.97 Å². The van der Waals surface area contributed by atoms with Gasteiger partial charge in [-0.05, 0) is 30.7 Å². The van der Waals surface area contributed by atoms with Gasteiger partial charge >= 0.3 is 5.97 Å². The molecule has 0 radical (unpaired) electrons. The molecule has 4 nitrogen and oxygen atoms in total. The average molecular weight is 242 g/mol. The summed E-state index contributed by atoms with van der Waals surface area (Å²) < 4.78 is 4.96. The van der Waals surface area contributed by atoms with Crippen molar-refractivity contribution in [3.05, 3.63) is 48.3 Å². The third-order valence-electron chi connectivity index (χ3n) is 2.54. The molecule has 0 amide bonds. The Hall–Kier alpha value is -2.36. The van der Waals surface area contributed by atoms with Gasteiger partial charge < -0.3 is 10.5 Å². The summed E-state index contributed by atoms with van der Waals surface area (Å²) in [6, 6.07) is 8.88. The van der Waals surface area contributed by atoms with Gasteiger partial charge in [-0.2, -0.15) is 0 Å². The smallest absolute Gasteiger partial charge is 0.338 e. The first-order chi connectivity index (χ1) is 8.72. The number of hydrogen-bond acceptors (Lipinski definition) is 4. The summed E-state index contributed by atoms with van der Waals surface area (Å²) in [5, 5.41) is 0. The Morgan fingerprint density at radius 1 is 1.39 bits per heavy atom. The maximum atomic E-state index is 11.6. The number of pyridine rings is 1. The Kier molecular flexibility index (Phi) is 3.57. The molecule has 0 fully saturated rings. The summed E-state index contributed by atoms with van der Waals surface area (Å²) in [6.45, 7) is 2.14. The summed E-state index contributed by atoms with van der Waals surface area (Å²) in [6.07, 6.45) is 3.31. The highest BCUT2D eigenvalue weighted by molar-refractivity contribution is 5.91. The largest absolute Gasteiger partial charge is 0.462 e. The van der Waals surface area contributed by atoms with Crippen molar-refractivity contribution in [1.29, 1.82) is 0 Å². The molecule has 92 valence electrons. The molecule has 1 aromatic heterocycles. The quantitative estimate of drug-likeness (QED) is 0.840. The van der Waals surface area contributed by atoms with Crippen LogP contribution < -0.4 is 5.73 Å². The van der Waals surface area contributed by atoms with E-state index in [1.807, 2.05) is 6.07 Å². The molecule has 1 heterocycles. The fourth-order valence-electron chi connectivity index (χ4n) is 1.67. The highest BCUT2D eigenvalue weighted by Crippen LogP contribution is 2.25. The highest BCUT2D eigenvalue weighted by atomic mass is 16.5. The lowest BCUT2D eigenvalue weighted by Gasteiger charge is -2.07. The topological polar surface area (TPSA) is 65.2 Å². The van der Waals surface area contributed by atoms with Crippen LogP contribution in [0.1, 0.15) is 17.3 Å². The van der Waals surface area contributed by atoms with Crippen molar-refractivity contribution in [2.24, 2.45) is 0 Å². The van der Waals surface area contributed by atoms with Gasteiger partial charge in [0.05, 0.1) is 12.2 Å². The number of anilines is 1. The molecule has 4 heteroatoms. The first kappa shape index (κ1) is 12.1. The minimum Gasteiger partial charge on any atom is -0.462 e. The summed E-state index contributed by atoms with van der Waals surface area (Å²) in [5.41, 5.74) is 8.69. The van der Waals surface area contributed by atoms with E-state index >= 15 is 0 Å². The Morgan fingerprint density at radius 3 is 2.94 bits per heavy atom. The Balaban J connectivity index is 2.39. The molecule has 0 aliphatic rings. The van der Waals surface area contributed by atoms with Crippen molar-refractivity contribution in [2.45, 2.75) is 6.92 Å². The van der Waals surface area contributed by atoms with Crippen molar-refractivity contribution in [2.75, 3.05) is 12.3 Å². The molecule has 2 rings (SSSR count). The third kappa shape index (κ3) is 2.48. The van der Waals surface area contributed by atoms with Crippen molar-refractivity contribution in [3.8, 4) is 11.1 Å². The van der Waals surface area contributed by atoms with Crippen LogP contribution in [-0.2, 0) is 4.74 Å². The van der Waals surface area contributed by atoms with Crippen LogP contribution in [0.15, 0.2) is 42.7 Å². The zero-order chi connectivity index (χ0) is 13.0. The molecule has 1 aromatic carbocycles. The number of nitrogens with zero attached hydrogens (tertiary/aromatic N) is 1. The zero-order valence-corrected chi connectivity index (χ0v) is 10.1. The fraction of sp³-hybridized carbons (Fsp3) is 0.143. The number of carbonyl (C=O) groups is 1. The summed E-state index contributed by atoms with van der Waals surface area (Å²) in [7, 11) is 0. The van der Waals surface area contributed by atoms with Crippen LogP contribution in [0.4, 0.5) is 5.69 Å². The number of nitrogen functional groups attached to an aromatic ring is 1. The predicted molar refractivity (Wildman–Crippen MR) is 70.0 cm³/mol. The van der Waals surface area contributed by atoms with Gasteiger partial charge in [0.25, 0.3) is 0 Å². The van der Waals surface area contributed by atoms with E-state index in [1.54, 1.807) is 43.6 Å². The van der Waals surface area contributed by atoms with Crippen molar-refractivity contribution < 1.29 is 9.53 Å². The molecule has 0 aliphatic carbocycles. The molecule has 0 saturated carbocycles. The van der Waals surface area contributed by atoms with Crippen LogP contribution in [0.2, 0.25) is 0 Å². The fourth-order valence-corrected chi connectivity index (χ4v) is 1.67. The van der Waals surface area contributed by atoms with E-state index in [2.05, 4.69) is 4.98 Å². The predicted octanol–water partition coefficient (Wildman–Crippen LogP) is 2.51. The minimum atomic E-state index is -0.332. The van der Waals surface area contributed by atoms with Crippen molar-refractivity contribution in [3.63, 3.8) is 0 Å². The number of benzene rings is 1. The SMILES string of the molecule is CCOC(=O)c1cccc(-c2cnccc2N)c1. The second kappa shape index (κ2) is 5.31. The van der Waals surface area contributed by atoms with E-state index in [4.69, 9.17) is 10.5 Å². The van der Waals surface area contributed by atoms with Gasteiger partial charge in [0.2, 0.25) is 0 Å². The van der Waals surface area contributed by atoms with E-state index in [9.17, 15) is 4.79 Å². The summed E-state index contributed by atoms with van der Waals surface area (Å²) in [4.78, 5) is 15.7. The molecule has 0 saturated heterocycles. The van der Waals surface area contributed by atoms with E-state index < -0.39 is 0 Å². The molecular weight excluding hydrogens is 228 g/mol. The van der Waals surface area contributed by atoms with Crippen LogP contribution in [0.3, 0.4) is 0 Å². The van der Waals surface area contributed by atoms with Crippen LogP contribution in [-0.4, -0.2) is 17.6 Å². The zero-order valence-electron chi connectivity index (χ0n) is 10.1. The van der Waals surface area contributed by atoms with Gasteiger partial charge in [0.1, 0.15) is 0 Å². The molecule has 0 spiro atoms. The van der Waals surface area contributed by atoms with Crippen molar-refractivity contribution >= 4 is 11.7 Å². The number of ether oxygens (including phenoxy) is 1. The van der Waals surface area contributed by atoms with Gasteiger partial charge in [-0.15, -0.1) is 0 Å². The first-order valence-electron chi connectivity index (χ1n) is 5.69.